The van der Waals surface area contributed by atoms with Crippen molar-refractivity contribution in [3.05, 3.63) is 0 Å². The summed E-state index contributed by atoms with van der Waals surface area (Å²) < 4.78 is 0. The molecule has 0 radical (unpaired) electrons. The van der Waals surface area contributed by atoms with Gasteiger partial charge in [0.1, 0.15) is 0 Å². The maximum absolute atomic E-state index is 9.81. The van der Waals surface area contributed by atoms with Crippen molar-refractivity contribution in [1.82, 2.24) is 10.2 Å². The van der Waals surface area contributed by atoms with Gasteiger partial charge in [-0.05, 0) is 38.1 Å². The summed E-state index contributed by atoms with van der Waals surface area (Å²) in [5, 5.41) is 13.4. The number of piperidine rings is 1. The lowest BCUT2D eigenvalue weighted by molar-refractivity contribution is 0.0492. The van der Waals surface area contributed by atoms with E-state index in [-0.39, 0.29) is 6.10 Å². The van der Waals surface area contributed by atoms with Gasteiger partial charge in [-0.25, -0.2) is 0 Å². The van der Waals surface area contributed by atoms with Gasteiger partial charge < -0.3 is 21.1 Å². The van der Waals surface area contributed by atoms with Crippen LogP contribution in [0.3, 0.4) is 0 Å². The monoisotopic (exact) mass is 257 g/mol. The molecule has 4 heteroatoms. The third kappa shape index (κ3) is 5.65. The molecule has 1 aliphatic heterocycles. The van der Waals surface area contributed by atoms with Crippen molar-refractivity contribution in [1.29, 1.82) is 0 Å². The van der Waals surface area contributed by atoms with Crippen LogP contribution >= 0.6 is 0 Å². The fraction of sp³-hybridized carbons (Fsp3) is 1.00. The van der Waals surface area contributed by atoms with Gasteiger partial charge in [-0.3, -0.25) is 0 Å². The van der Waals surface area contributed by atoms with Crippen LogP contribution in [-0.4, -0.2) is 54.9 Å². The summed E-state index contributed by atoms with van der Waals surface area (Å²) in [5.41, 5.74) is 5.64. The lowest BCUT2D eigenvalue weighted by atomic mass is 9.90. The summed E-state index contributed by atoms with van der Waals surface area (Å²) in [7, 11) is 0. The standard InChI is InChI=1S/C14H31N3O/c1-11(2)4-6-16-14-8-13(12(3)18)9-17(10-14)7-5-15/h11-14,16,18H,4-10,15H2,1-3H3. The number of rotatable bonds is 7. The van der Waals surface area contributed by atoms with Crippen molar-refractivity contribution in [2.24, 2.45) is 17.6 Å². The van der Waals surface area contributed by atoms with Crippen molar-refractivity contribution in [3.8, 4) is 0 Å². The molecule has 4 nitrogen and oxygen atoms in total. The summed E-state index contributed by atoms with van der Waals surface area (Å²) in [4.78, 5) is 2.38. The molecular formula is C14H31N3O. The molecule has 0 aromatic heterocycles. The average molecular weight is 257 g/mol. The van der Waals surface area contributed by atoms with E-state index >= 15 is 0 Å². The number of nitrogens with one attached hydrogen (secondary N) is 1. The normalized spacial score (nSPS) is 27.7. The summed E-state index contributed by atoms with van der Waals surface area (Å²) in [6.07, 6.45) is 2.07. The molecule has 0 bridgehead atoms. The molecule has 3 unspecified atom stereocenters. The number of nitrogens with two attached hydrogens (primary N) is 1. The Hall–Kier alpha value is -0.160. The van der Waals surface area contributed by atoms with Gasteiger partial charge in [0.2, 0.25) is 0 Å². The van der Waals surface area contributed by atoms with E-state index in [1.165, 1.54) is 6.42 Å². The van der Waals surface area contributed by atoms with Crippen LogP contribution in [0.5, 0.6) is 0 Å². The number of nitrogens with zero attached hydrogens (tertiary/aromatic N) is 1. The molecule has 1 aliphatic rings. The van der Waals surface area contributed by atoms with Crippen LogP contribution in [0.2, 0.25) is 0 Å². The minimum atomic E-state index is -0.222. The molecule has 108 valence electrons. The van der Waals surface area contributed by atoms with Gasteiger partial charge in [0, 0.05) is 32.2 Å². The smallest absolute Gasteiger partial charge is 0.0553 e. The van der Waals surface area contributed by atoms with Gasteiger partial charge in [-0.15, -0.1) is 0 Å². The Morgan fingerprint density at radius 1 is 1.33 bits per heavy atom. The molecule has 1 fully saturated rings. The lowest BCUT2D eigenvalue weighted by Gasteiger charge is -2.39. The van der Waals surface area contributed by atoms with Crippen LogP contribution < -0.4 is 11.1 Å². The van der Waals surface area contributed by atoms with E-state index < -0.39 is 0 Å². The molecule has 0 amide bonds. The zero-order valence-electron chi connectivity index (χ0n) is 12.2. The highest BCUT2D eigenvalue weighted by molar-refractivity contribution is 4.85. The zero-order valence-corrected chi connectivity index (χ0v) is 12.2. The molecule has 0 aromatic carbocycles. The van der Waals surface area contributed by atoms with E-state index in [4.69, 9.17) is 5.73 Å². The molecule has 1 saturated heterocycles. The van der Waals surface area contributed by atoms with Crippen molar-refractivity contribution >= 4 is 0 Å². The van der Waals surface area contributed by atoms with Crippen LogP contribution in [0.4, 0.5) is 0 Å². The second-order valence-corrected chi connectivity index (χ2v) is 6.12. The molecular weight excluding hydrogens is 226 g/mol. The highest BCUT2D eigenvalue weighted by Crippen LogP contribution is 2.20. The fourth-order valence-corrected chi connectivity index (χ4v) is 2.67. The number of aliphatic hydroxyl groups excluding tert-OH is 1. The predicted octanol–water partition coefficient (Wildman–Crippen LogP) is 0.652. The van der Waals surface area contributed by atoms with E-state index in [2.05, 4.69) is 24.1 Å². The van der Waals surface area contributed by atoms with Gasteiger partial charge >= 0.3 is 0 Å². The summed E-state index contributed by atoms with van der Waals surface area (Å²) in [6.45, 7) is 11.2. The first kappa shape index (κ1) is 15.9. The number of aliphatic hydroxyl groups is 1. The van der Waals surface area contributed by atoms with Crippen LogP contribution in [-0.2, 0) is 0 Å². The number of hydrogen-bond acceptors (Lipinski definition) is 4. The van der Waals surface area contributed by atoms with Crippen LogP contribution in [0.15, 0.2) is 0 Å². The minimum Gasteiger partial charge on any atom is -0.393 e. The molecule has 0 aromatic rings. The average Bonchev–Trinajstić information content (AvgIpc) is 2.28. The molecule has 18 heavy (non-hydrogen) atoms. The van der Waals surface area contributed by atoms with Crippen molar-refractivity contribution < 1.29 is 5.11 Å². The van der Waals surface area contributed by atoms with E-state index in [1.54, 1.807) is 0 Å². The molecule has 0 spiro atoms. The largest absolute Gasteiger partial charge is 0.393 e. The molecule has 3 atom stereocenters. The lowest BCUT2D eigenvalue weighted by Crippen LogP contribution is -2.52. The van der Waals surface area contributed by atoms with Crippen molar-refractivity contribution in [3.63, 3.8) is 0 Å². The zero-order chi connectivity index (χ0) is 13.5. The fourth-order valence-electron chi connectivity index (χ4n) is 2.67. The first-order chi connectivity index (χ1) is 8.52. The summed E-state index contributed by atoms with van der Waals surface area (Å²) in [6, 6.07) is 0.503. The summed E-state index contributed by atoms with van der Waals surface area (Å²) >= 11 is 0. The van der Waals surface area contributed by atoms with Crippen LogP contribution in [0.25, 0.3) is 0 Å². The van der Waals surface area contributed by atoms with Crippen LogP contribution in [0.1, 0.15) is 33.6 Å². The van der Waals surface area contributed by atoms with Gasteiger partial charge in [0.15, 0.2) is 0 Å². The van der Waals surface area contributed by atoms with Gasteiger partial charge in [0.05, 0.1) is 6.10 Å². The molecule has 4 N–H and O–H groups in total. The highest BCUT2D eigenvalue weighted by atomic mass is 16.3. The first-order valence-electron chi connectivity index (χ1n) is 7.36. The van der Waals surface area contributed by atoms with E-state index in [9.17, 15) is 5.11 Å². The van der Waals surface area contributed by atoms with E-state index in [0.717, 1.165) is 38.5 Å². The van der Waals surface area contributed by atoms with Crippen LogP contribution in [0, 0.1) is 11.8 Å². The third-order valence-electron chi connectivity index (χ3n) is 3.84. The Morgan fingerprint density at radius 3 is 2.61 bits per heavy atom. The summed E-state index contributed by atoms with van der Waals surface area (Å²) in [5.74, 6) is 1.12. The Kier molecular flexibility index (Phi) is 7.15. The topological polar surface area (TPSA) is 61.5 Å². The Morgan fingerprint density at radius 2 is 2.06 bits per heavy atom. The maximum Gasteiger partial charge on any atom is 0.0553 e. The SMILES string of the molecule is CC(C)CCNC1CC(C(C)O)CN(CCN)C1. The first-order valence-corrected chi connectivity index (χ1v) is 7.36. The highest BCUT2D eigenvalue weighted by Gasteiger charge is 2.29. The third-order valence-corrected chi connectivity index (χ3v) is 3.84. The molecule has 1 heterocycles. The van der Waals surface area contributed by atoms with Gasteiger partial charge in [-0.1, -0.05) is 13.8 Å². The maximum atomic E-state index is 9.81. The minimum absolute atomic E-state index is 0.222. The van der Waals surface area contributed by atoms with Gasteiger partial charge in [0.25, 0.3) is 0 Å². The Labute approximate surface area is 112 Å². The second kappa shape index (κ2) is 8.10. The van der Waals surface area contributed by atoms with Crippen molar-refractivity contribution in [2.75, 3.05) is 32.7 Å². The molecule has 1 rings (SSSR count). The molecule has 0 aliphatic carbocycles. The predicted molar refractivity (Wildman–Crippen MR) is 76.5 cm³/mol. The van der Waals surface area contributed by atoms with Crippen molar-refractivity contribution in [2.45, 2.75) is 45.8 Å². The van der Waals surface area contributed by atoms with E-state index in [1.807, 2.05) is 6.92 Å². The second-order valence-electron chi connectivity index (χ2n) is 6.12. The number of hydrogen-bond donors (Lipinski definition) is 3. The number of likely N-dealkylation sites (tertiary alicyclic amines) is 1. The molecule has 0 saturated carbocycles. The quantitative estimate of drug-likeness (QED) is 0.627. The Balaban J connectivity index is 2.40. The Bertz CT molecular complexity index is 221. The van der Waals surface area contributed by atoms with Gasteiger partial charge in [-0.2, -0.15) is 0 Å². The van der Waals surface area contributed by atoms with E-state index in [0.29, 0.717) is 18.5 Å².